The predicted octanol–water partition coefficient (Wildman–Crippen LogP) is 6.62. The molecule has 0 unspecified atom stereocenters. The quantitative estimate of drug-likeness (QED) is 0.555. The molecule has 26 heavy (non-hydrogen) atoms. The number of hydrogen-bond donors (Lipinski definition) is 1. The van der Waals surface area contributed by atoms with Crippen LogP contribution in [0, 0.1) is 0 Å². The van der Waals surface area contributed by atoms with Crippen LogP contribution in [0.25, 0.3) is 21.2 Å². The smallest absolute Gasteiger partial charge is 0.336 e. The van der Waals surface area contributed by atoms with E-state index in [1.807, 2.05) is 0 Å². The molecule has 2 aromatic carbocycles. The number of hydrogen-bond acceptors (Lipinski definition) is 2. The van der Waals surface area contributed by atoms with Gasteiger partial charge in [-0.25, -0.2) is 4.79 Å². The topological polar surface area (TPSA) is 37.3 Å². The molecule has 2 nitrogen and oxygen atoms in total. The zero-order valence-electron chi connectivity index (χ0n) is 15.7. The second-order valence-electron chi connectivity index (χ2n) is 8.73. The van der Waals surface area contributed by atoms with Crippen molar-refractivity contribution in [1.82, 2.24) is 0 Å². The normalized spacial score (nSPS) is 17.8. The number of benzene rings is 2. The summed E-state index contributed by atoms with van der Waals surface area (Å²) in [6, 6.07) is 13.0. The molecule has 3 aromatic rings. The third-order valence-electron chi connectivity index (χ3n) is 5.94. The van der Waals surface area contributed by atoms with Gasteiger partial charge in [0.15, 0.2) is 0 Å². The standard InChI is InChI=1S/C23H24O2S/c1-22(2)7-8-23(3,4)19-11-16-9-15(6-5-14(16)10-18(19)22)20-12-17(13-26-20)21(24)25/h5-6,9-13H,7-8H2,1-4H3,(H,24,25). The highest BCUT2D eigenvalue weighted by Crippen LogP contribution is 2.47. The number of carboxylic acid groups (broad SMARTS) is 1. The molecule has 0 amide bonds. The Morgan fingerprint density at radius 1 is 0.923 bits per heavy atom. The van der Waals surface area contributed by atoms with Crippen LogP contribution in [-0.2, 0) is 10.8 Å². The Morgan fingerprint density at radius 3 is 2.12 bits per heavy atom. The van der Waals surface area contributed by atoms with Crippen LogP contribution in [0.5, 0.6) is 0 Å². The Labute approximate surface area is 158 Å². The summed E-state index contributed by atoms with van der Waals surface area (Å²) in [4.78, 5) is 12.2. The Balaban J connectivity index is 1.88. The third kappa shape index (κ3) is 2.75. The molecule has 1 N–H and O–H groups in total. The first-order valence-corrected chi connectivity index (χ1v) is 9.96. The van der Waals surface area contributed by atoms with Gasteiger partial charge >= 0.3 is 5.97 Å². The molecular formula is C23H24O2S. The van der Waals surface area contributed by atoms with Crippen molar-refractivity contribution in [2.45, 2.75) is 51.4 Å². The summed E-state index contributed by atoms with van der Waals surface area (Å²) in [5.74, 6) is -0.869. The van der Waals surface area contributed by atoms with Crippen LogP contribution < -0.4 is 0 Å². The molecule has 1 aliphatic rings. The summed E-state index contributed by atoms with van der Waals surface area (Å²) >= 11 is 1.49. The van der Waals surface area contributed by atoms with E-state index in [2.05, 4.69) is 58.0 Å². The average Bonchev–Trinajstić information content (AvgIpc) is 3.08. The SMILES string of the molecule is CC1(C)CCC(C)(C)c2cc3cc(-c4cc(C(=O)O)cs4)ccc3cc21. The van der Waals surface area contributed by atoms with E-state index in [0.29, 0.717) is 5.56 Å². The van der Waals surface area contributed by atoms with Gasteiger partial charge in [-0.15, -0.1) is 11.3 Å². The largest absolute Gasteiger partial charge is 0.478 e. The van der Waals surface area contributed by atoms with E-state index in [1.165, 1.54) is 46.1 Å². The molecule has 0 saturated heterocycles. The van der Waals surface area contributed by atoms with Crippen molar-refractivity contribution >= 4 is 28.1 Å². The number of aromatic carboxylic acids is 1. The third-order valence-corrected chi connectivity index (χ3v) is 6.92. The van der Waals surface area contributed by atoms with E-state index in [9.17, 15) is 4.79 Å². The Morgan fingerprint density at radius 2 is 1.54 bits per heavy atom. The van der Waals surface area contributed by atoms with E-state index in [0.717, 1.165) is 10.4 Å². The van der Waals surface area contributed by atoms with Crippen molar-refractivity contribution in [1.29, 1.82) is 0 Å². The molecule has 0 atom stereocenters. The van der Waals surface area contributed by atoms with Gasteiger partial charge in [0.05, 0.1) is 5.56 Å². The van der Waals surface area contributed by atoms with Crippen LogP contribution >= 0.6 is 11.3 Å². The molecular weight excluding hydrogens is 340 g/mol. The lowest BCUT2D eigenvalue weighted by molar-refractivity contribution is 0.0697. The van der Waals surface area contributed by atoms with E-state index in [1.54, 1.807) is 11.4 Å². The monoisotopic (exact) mass is 364 g/mol. The maximum atomic E-state index is 11.2. The highest BCUT2D eigenvalue weighted by molar-refractivity contribution is 7.13. The van der Waals surface area contributed by atoms with E-state index < -0.39 is 5.97 Å². The minimum Gasteiger partial charge on any atom is -0.478 e. The number of rotatable bonds is 2. The van der Waals surface area contributed by atoms with Crippen molar-refractivity contribution in [3.05, 3.63) is 58.5 Å². The summed E-state index contributed by atoms with van der Waals surface area (Å²) in [5.41, 5.74) is 4.77. The number of thiophene rings is 1. The van der Waals surface area contributed by atoms with Gasteiger partial charge in [0.25, 0.3) is 0 Å². The maximum absolute atomic E-state index is 11.2. The fourth-order valence-corrected chi connectivity index (χ4v) is 4.95. The molecule has 0 saturated carbocycles. The average molecular weight is 365 g/mol. The molecule has 1 aromatic heterocycles. The zero-order chi connectivity index (χ0) is 18.7. The summed E-state index contributed by atoms with van der Waals surface area (Å²) in [5, 5.41) is 13.4. The second kappa shape index (κ2) is 5.68. The van der Waals surface area contributed by atoms with Crippen LogP contribution in [0.15, 0.2) is 41.8 Å². The summed E-state index contributed by atoms with van der Waals surface area (Å²) in [6.07, 6.45) is 2.41. The zero-order valence-corrected chi connectivity index (χ0v) is 16.5. The molecule has 134 valence electrons. The fourth-order valence-electron chi connectivity index (χ4n) is 4.06. The van der Waals surface area contributed by atoms with Gasteiger partial charge in [-0.2, -0.15) is 0 Å². The maximum Gasteiger partial charge on any atom is 0.336 e. The number of fused-ring (bicyclic) bond motifs is 2. The van der Waals surface area contributed by atoms with Gasteiger partial charge in [-0.3, -0.25) is 0 Å². The first-order valence-electron chi connectivity index (χ1n) is 9.08. The molecule has 0 bridgehead atoms. The highest BCUT2D eigenvalue weighted by atomic mass is 32.1. The summed E-state index contributed by atoms with van der Waals surface area (Å²) in [7, 11) is 0. The molecule has 0 fully saturated rings. The molecule has 4 rings (SSSR count). The summed E-state index contributed by atoms with van der Waals surface area (Å²) < 4.78 is 0. The summed E-state index contributed by atoms with van der Waals surface area (Å²) in [6.45, 7) is 9.38. The Bertz CT molecular complexity index is 1020. The predicted molar refractivity (Wildman–Crippen MR) is 110 cm³/mol. The molecule has 0 radical (unpaired) electrons. The fraction of sp³-hybridized carbons (Fsp3) is 0.348. The van der Waals surface area contributed by atoms with Gasteiger partial charge < -0.3 is 5.11 Å². The lowest BCUT2D eigenvalue weighted by Crippen LogP contribution is -2.33. The minimum atomic E-state index is -0.869. The van der Waals surface area contributed by atoms with Gasteiger partial charge in [-0.05, 0) is 63.3 Å². The van der Waals surface area contributed by atoms with E-state index in [-0.39, 0.29) is 10.8 Å². The highest BCUT2D eigenvalue weighted by Gasteiger charge is 2.37. The molecule has 1 heterocycles. The van der Waals surface area contributed by atoms with Gasteiger partial charge in [0.2, 0.25) is 0 Å². The van der Waals surface area contributed by atoms with Crippen molar-refractivity contribution in [3.63, 3.8) is 0 Å². The van der Waals surface area contributed by atoms with Crippen LogP contribution in [0.1, 0.15) is 62.0 Å². The van der Waals surface area contributed by atoms with Gasteiger partial charge in [0.1, 0.15) is 0 Å². The van der Waals surface area contributed by atoms with Crippen LogP contribution in [-0.4, -0.2) is 11.1 Å². The van der Waals surface area contributed by atoms with Crippen LogP contribution in [0.4, 0.5) is 0 Å². The number of carboxylic acids is 1. The molecule has 0 spiro atoms. The van der Waals surface area contributed by atoms with Crippen molar-refractivity contribution in [3.8, 4) is 10.4 Å². The van der Waals surface area contributed by atoms with E-state index in [4.69, 9.17) is 5.11 Å². The van der Waals surface area contributed by atoms with E-state index >= 15 is 0 Å². The van der Waals surface area contributed by atoms with Crippen molar-refractivity contribution in [2.75, 3.05) is 0 Å². The first kappa shape index (κ1) is 17.3. The second-order valence-corrected chi connectivity index (χ2v) is 9.64. The minimum absolute atomic E-state index is 0.189. The Kier molecular flexibility index (Phi) is 3.78. The molecule has 3 heteroatoms. The Hall–Kier alpha value is -2.13. The first-order chi connectivity index (χ1) is 12.2. The van der Waals surface area contributed by atoms with Gasteiger partial charge in [0, 0.05) is 10.3 Å². The molecule has 0 aliphatic heterocycles. The molecule has 1 aliphatic carbocycles. The van der Waals surface area contributed by atoms with Crippen molar-refractivity contribution in [2.24, 2.45) is 0 Å². The lowest BCUT2D eigenvalue weighted by Gasteiger charge is -2.42. The van der Waals surface area contributed by atoms with Crippen LogP contribution in [0.3, 0.4) is 0 Å². The number of carbonyl (C=O) groups is 1. The van der Waals surface area contributed by atoms with Crippen LogP contribution in [0.2, 0.25) is 0 Å². The lowest BCUT2D eigenvalue weighted by atomic mass is 9.63. The van der Waals surface area contributed by atoms with Crippen molar-refractivity contribution < 1.29 is 9.90 Å². The van der Waals surface area contributed by atoms with Gasteiger partial charge in [-0.1, -0.05) is 52.0 Å².